The van der Waals surface area contributed by atoms with Gasteiger partial charge in [0.25, 0.3) is 0 Å². The maximum Gasteiger partial charge on any atom is 0.243 e. The molecule has 0 aromatic heterocycles. The van der Waals surface area contributed by atoms with E-state index in [9.17, 15) is 13.2 Å². The van der Waals surface area contributed by atoms with E-state index in [1.807, 2.05) is 13.8 Å². The van der Waals surface area contributed by atoms with Gasteiger partial charge in [0, 0.05) is 31.9 Å². The van der Waals surface area contributed by atoms with E-state index in [1.165, 1.54) is 0 Å². The van der Waals surface area contributed by atoms with Gasteiger partial charge in [0.2, 0.25) is 15.9 Å². The topological polar surface area (TPSA) is 79.0 Å². The van der Waals surface area contributed by atoms with Crippen LogP contribution >= 0.6 is 0 Å². The Morgan fingerprint density at radius 3 is 2.44 bits per heavy atom. The van der Waals surface area contributed by atoms with E-state index < -0.39 is 10.0 Å². The summed E-state index contributed by atoms with van der Waals surface area (Å²) >= 11 is 0. The molecular formula is C19H29N3O4S. The van der Waals surface area contributed by atoms with E-state index in [0.717, 1.165) is 32.4 Å². The van der Waals surface area contributed by atoms with Crippen molar-refractivity contribution in [3.05, 3.63) is 24.3 Å². The van der Waals surface area contributed by atoms with E-state index in [1.54, 1.807) is 28.6 Å². The summed E-state index contributed by atoms with van der Waals surface area (Å²) in [4.78, 5) is 14.9. The second kappa shape index (κ2) is 8.68. The Balaban J connectivity index is 1.62. The van der Waals surface area contributed by atoms with Crippen LogP contribution in [0.4, 0.5) is 5.69 Å². The number of piperidine rings is 1. The van der Waals surface area contributed by atoms with Crippen molar-refractivity contribution in [3.8, 4) is 0 Å². The molecule has 27 heavy (non-hydrogen) atoms. The number of amides is 1. The molecule has 2 aliphatic heterocycles. The molecule has 0 saturated carbocycles. The van der Waals surface area contributed by atoms with Crippen LogP contribution < -0.4 is 5.32 Å². The lowest BCUT2D eigenvalue weighted by atomic mass is 10.2. The molecule has 0 aliphatic carbocycles. The van der Waals surface area contributed by atoms with E-state index in [2.05, 4.69) is 10.2 Å². The molecule has 2 aliphatic rings. The van der Waals surface area contributed by atoms with Gasteiger partial charge in [-0.2, -0.15) is 4.31 Å². The molecule has 2 heterocycles. The molecule has 0 bridgehead atoms. The Labute approximate surface area is 161 Å². The molecule has 8 heteroatoms. The van der Waals surface area contributed by atoms with Crippen LogP contribution in [0.15, 0.2) is 29.2 Å². The standard InChI is InChI=1S/C19H29N3O4S/c1-15-14-21(12-13-26-15)16(2)19(23)20-17-6-8-18(9-7-17)27(24,25)22-10-4-3-5-11-22/h6-9,15-16H,3-5,10-14H2,1-2H3,(H,20,23)/t15-,16-/m0/s1. The van der Waals surface area contributed by atoms with Gasteiger partial charge in [0.1, 0.15) is 0 Å². The summed E-state index contributed by atoms with van der Waals surface area (Å²) in [5.74, 6) is -0.101. The van der Waals surface area contributed by atoms with Crippen molar-refractivity contribution in [1.29, 1.82) is 0 Å². The number of anilines is 1. The van der Waals surface area contributed by atoms with Crippen LogP contribution in [0.25, 0.3) is 0 Å². The Kier molecular flexibility index (Phi) is 6.52. The van der Waals surface area contributed by atoms with Crippen LogP contribution in [0.2, 0.25) is 0 Å². The number of nitrogens with zero attached hydrogens (tertiary/aromatic N) is 2. The number of morpholine rings is 1. The van der Waals surface area contributed by atoms with E-state index >= 15 is 0 Å². The number of sulfonamides is 1. The summed E-state index contributed by atoms with van der Waals surface area (Å²) in [6.07, 6.45) is 3.02. The van der Waals surface area contributed by atoms with Crippen LogP contribution in [0.5, 0.6) is 0 Å². The fraction of sp³-hybridized carbons (Fsp3) is 0.632. The van der Waals surface area contributed by atoms with E-state index in [-0.39, 0.29) is 22.9 Å². The zero-order valence-corrected chi connectivity index (χ0v) is 16.9. The van der Waals surface area contributed by atoms with Crippen molar-refractivity contribution < 1.29 is 17.9 Å². The van der Waals surface area contributed by atoms with Gasteiger partial charge in [-0.05, 0) is 51.0 Å². The summed E-state index contributed by atoms with van der Waals surface area (Å²) in [5.41, 5.74) is 0.603. The highest BCUT2D eigenvalue weighted by Crippen LogP contribution is 2.22. The third-order valence-corrected chi connectivity index (χ3v) is 7.19. The van der Waals surface area contributed by atoms with Crippen molar-refractivity contribution in [2.75, 3.05) is 38.1 Å². The van der Waals surface area contributed by atoms with Crippen molar-refractivity contribution >= 4 is 21.6 Å². The number of ether oxygens (including phenoxy) is 1. The second-order valence-corrected chi connectivity index (χ2v) is 9.27. The van der Waals surface area contributed by atoms with Crippen LogP contribution in [0.1, 0.15) is 33.1 Å². The molecule has 2 saturated heterocycles. The number of carbonyl (C=O) groups excluding carboxylic acids is 1. The Morgan fingerprint density at radius 1 is 1.15 bits per heavy atom. The van der Waals surface area contributed by atoms with Crippen LogP contribution in [-0.2, 0) is 19.6 Å². The normalized spacial score (nSPS) is 23.7. The van der Waals surface area contributed by atoms with E-state index in [0.29, 0.717) is 25.4 Å². The molecule has 150 valence electrons. The minimum atomic E-state index is -3.45. The summed E-state index contributed by atoms with van der Waals surface area (Å²) in [6, 6.07) is 6.18. The quantitative estimate of drug-likeness (QED) is 0.824. The molecule has 1 amide bonds. The number of carbonyl (C=O) groups is 1. The minimum absolute atomic E-state index is 0.101. The van der Waals surface area contributed by atoms with Crippen molar-refractivity contribution in [2.24, 2.45) is 0 Å². The van der Waals surface area contributed by atoms with Crippen molar-refractivity contribution in [1.82, 2.24) is 9.21 Å². The van der Waals surface area contributed by atoms with Crippen LogP contribution in [0.3, 0.4) is 0 Å². The molecule has 0 spiro atoms. The van der Waals surface area contributed by atoms with E-state index in [4.69, 9.17) is 4.74 Å². The largest absolute Gasteiger partial charge is 0.376 e. The lowest BCUT2D eigenvalue weighted by molar-refractivity contribution is -0.123. The lowest BCUT2D eigenvalue weighted by Gasteiger charge is -2.34. The predicted octanol–water partition coefficient (Wildman–Crippen LogP) is 1.91. The number of rotatable bonds is 5. The first-order chi connectivity index (χ1) is 12.9. The smallest absolute Gasteiger partial charge is 0.243 e. The first kappa shape index (κ1) is 20.3. The first-order valence-electron chi connectivity index (χ1n) is 9.64. The highest BCUT2D eigenvalue weighted by molar-refractivity contribution is 7.89. The summed E-state index contributed by atoms with van der Waals surface area (Å²) in [5, 5.41) is 2.88. The van der Waals surface area contributed by atoms with Gasteiger partial charge in [-0.25, -0.2) is 8.42 Å². The average Bonchev–Trinajstić information content (AvgIpc) is 2.68. The van der Waals surface area contributed by atoms with Crippen LogP contribution in [0, 0.1) is 0 Å². The minimum Gasteiger partial charge on any atom is -0.376 e. The maximum atomic E-state index is 12.7. The molecular weight excluding hydrogens is 366 g/mol. The highest BCUT2D eigenvalue weighted by Gasteiger charge is 2.27. The van der Waals surface area contributed by atoms with Gasteiger partial charge in [0.05, 0.1) is 23.6 Å². The monoisotopic (exact) mass is 395 g/mol. The highest BCUT2D eigenvalue weighted by atomic mass is 32.2. The zero-order chi connectivity index (χ0) is 19.4. The van der Waals surface area contributed by atoms with Gasteiger partial charge in [0.15, 0.2) is 0 Å². The molecule has 7 nitrogen and oxygen atoms in total. The Morgan fingerprint density at radius 2 is 1.81 bits per heavy atom. The fourth-order valence-corrected chi connectivity index (χ4v) is 5.09. The SMILES string of the molecule is C[C@H]1CN([C@@H](C)C(=O)Nc2ccc(S(=O)(=O)N3CCCCC3)cc2)CCO1. The summed E-state index contributed by atoms with van der Waals surface area (Å²) in [6.45, 7) is 7.11. The zero-order valence-electron chi connectivity index (χ0n) is 16.1. The molecule has 1 N–H and O–H groups in total. The van der Waals surface area contributed by atoms with Gasteiger partial charge >= 0.3 is 0 Å². The molecule has 3 rings (SSSR count). The van der Waals surface area contributed by atoms with Gasteiger partial charge in [-0.15, -0.1) is 0 Å². The Hall–Kier alpha value is -1.48. The number of hydrogen-bond acceptors (Lipinski definition) is 5. The van der Waals surface area contributed by atoms with Gasteiger partial charge < -0.3 is 10.1 Å². The third kappa shape index (κ3) is 4.87. The first-order valence-corrected chi connectivity index (χ1v) is 11.1. The fourth-order valence-electron chi connectivity index (χ4n) is 3.57. The lowest BCUT2D eigenvalue weighted by Crippen LogP contribution is -2.50. The molecule has 1 aromatic carbocycles. The molecule has 0 radical (unpaired) electrons. The summed E-state index contributed by atoms with van der Waals surface area (Å²) < 4.78 is 32.4. The number of hydrogen-bond donors (Lipinski definition) is 1. The molecule has 2 fully saturated rings. The average molecular weight is 396 g/mol. The number of benzene rings is 1. The molecule has 1 aromatic rings. The number of nitrogens with one attached hydrogen (secondary N) is 1. The van der Waals surface area contributed by atoms with Crippen LogP contribution in [-0.4, -0.2) is 68.5 Å². The van der Waals surface area contributed by atoms with Crippen molar-refractivity contribution in [3.63, 3.8) is 0 Å². The molecule has 2 atom stereocenters. The van der Waals surface area contributed by atoms with Gasteiger partial charge in [-0.1, -0.05) is 6.42 Å². The molecule has 0 unspecified atom stereocenters. The predicted molar refractivity (Wildman–Crippen MR) is 104 cm³/mol. The third-order valence-electron chi connectivity index (χ3n) is 5.27. The van der Waals surface area contributed by atoms with Crippen molar-refractivity contribution in [2.45, 2.75) is 50.2 Å². The maximum absolute atomic E-state index is 12.7. The van der Waals surface area contributed by atoms with Gasteiger partial charge in [-0.3, -0.25) is 9.69 Å². The Bertz CT molecular complexity index is 745. The summed E-state index contributed by atoms with van der Waals surface area (Å²) in [7, 11) is -3.45. The second-order valence-electron chi connectivity index (χ2n) is 7.33.